The molecule has 2 heterocycles. The van der Waals surface area contributed by atoms with E-state index in [0.717, 1.165) is 49.6 Å². The predicted octanol–water partition coefficient (Wildman–Crippen LogP) is 2.83. The van der Waals surface area contributed by atoms with Gasteiger partial charge in [-0.1, -0.05) is 17.7 Å². The minimum atomic E-state index is 0.0462. The highest BCUT2D eigenvalue weighted by molar-refractivity contribution is 6.31. The first-order chi connectivity index (χ1) is 13.5. The number of benzene rings is 1. The van der Waals surface area contributed by atoms with Gasteiger partial charge in [-0.25, -0.2) is 0 Å². The van der Waals surface area contributed by atoms with Crippen LogP contribution in [0.1, 0.15) is 23.4 Å². The second-order valence-corrected chi connectivity index (χ2v) is 7.66. The van der Waals surface area contributed by atoms with E-state index in [2.05, 4.69) is 20.9 Å². The van der Waals surface area contributed by atoms with Crippen LogP contribution in [-0.2, 0) is 13.1 Å². The van der Waals surface area contributed by atoms with Crippen molar-refractivity contribution in [1.29, 1.82) is 0 Å². The molecule has 1 aliphatic heterocycles. The van der Waals surface area contributed by atoms with Gasteiger partial charge in [0.25, 0.3) is 0 Å². The fourth-order valence-corrected chi connectivity index (χ4v) is 3.96. The van der Waals surface area contributed by atoms with Gasteiger partial charge in [0.05, 0.1) is 12.8 Å². The fraction of sp³-hybridized carbons (Fsp3) is 0.476. The van der Waals surface area contributed by atoms with Crippen LogP contribution in [0.5, 0.6) is 11.5 Å². The number of ether oxygens (including phenoxy) is 1. The van der Waals surface area contributed by atoms with Crippen LogP contribution >= 0.6 is 11.6 Å². The Morgan fingerprint density at radius 1 is 1.25 bits per heavy atom. The quantitative estimate of drug-likeness (QED) is 0.738. The van der Waals surface area contributed by atoms with Gasteiger partial charge < -0.3 is 14.9 Å². The fourth-order valence-electron chi connectivity index (χ4n) is 3.74. The summed E-state index contributed by atoms with van der Waals surface area (Å²) in [4.78, 5) is 9.34. The number of piperazine rings is 1. The zero-order chi connectivity index (χ0) is 20.1. The van der Waals surface area contributed by atoms with E-state index in [1.165, 1.54) is 13.2 Å². The number of hydrogen-bond donors (Lipinski definition) is 2. The molecule has 6 nitrogen and oxygen atoms in total. The maximum Gasteiger partial charge on any atom is 0.160 e. The molecule has 0 amide bonds. The number of aromatic hydroxyl groups is 1. The molecule has 152 valence electrons. The van der Waals surface area contributed by atoms with Crippen LogP contribution in [0, 0.1) is 6.92 Å². The van der Waals surface area contributed by atoms with Crippen molar-refractivity contribution in [1.82, 2.24) is 14.8 Å². The number of aliphatic hydroxyl groups excluding tert-OH is 1. The molecule has 0 unspecified atom stereocenters. The van der Waals surface area contributed by atoms with Gasteiger partial charge in [-0.15, -0.1) is 0 Å². The molecule has 7 heteroatoms. The van der Waals surface area contributed by atoms with Crippen LogP contribution < -0.4 is 4.74 Å². The number of phenols is 1. The number of rotatable bonds is 7. The minimum Gasteiger partial charge on any atom is -0.504 e. The third-order valence-electron chi connectivity index (χ3n) is 5.20. The van der Waals surface area contributed by atoms with Gasteiger partial charge >= 0.3 is 0 Å². The maximum atomic E-state index is 9.86. The molecule has 28 heavy (non-hydrogen) atoms. The second-order valence-electron chi connectivity index (χ2n) is 7.26. The van der Waals surface area contributed by atoms with Crippen molar-refractivity contribution in [2.24, 2.45) is 0 Å². The van der Waals surface area contributed by atoms with E-state index in [1.807, 2.05) is 19.1 Å². The largest absolute Gasteiger partial charge is 0.504 e. The van der Waals surface area contributed by atoms with E-state index in [0.29, 0.717) is 17.3 Å². The highest BCUT2D eigenvalue weighted by Crippen LogP contribution is 2.33. The molecule has 2 aromatic rings. The van der Waals surface area contributed by atoms with E-state index in [4.69, 9.17) is 16.3 Å². The first kappa shape index (κ1) is 20.9. The lowest BCUT2D eigenvalue weighted by Gasteiger charge is -2.41. The molecule has 0 bridgehead atoms. The summed E-state index contributed by atoms with van der Waals surface area (Å²) in [6.45, 7) is 6.25. The lowest BCUT2D eigenvalue weighted by Crippen LogP contribution is -2.52. The highest BCUT2D eigenvalue weighted by Gasteiger charge is 2.27. The van der Waals surface area contributed by atoms with E-state index in [-0.39, 0.29) is 18.4 Å². The maximum absolute atomic E-state index is 9.86. The molecular formula is C21H28ClN3O3. The summed E-state index contributed by atoms with van der Waals surface area (Å²) in [5.74, 6) is 0.473. The molecule has 0 spiro atoms. The Balaban J connectivity index is 1.68. The van der Waals surface area contributed by atoms with E-state index < -0.39 is 0 Å². The number of aryl methyl sites for hydroxylation is 1. The van der Waals surface area contributed by atoms with Gasteiger partial charge in [0.1, 0.15) is 0 Å². The minimum absolute atomic E-state index is 0.0462. The predicted molar refractivity (Wildman–Crippen MR) is 110 cm³/mol. The van der Waals surface area contributed by atoms with Gasteiger partial charge in [-0.05, 0) is 37.1 Å². The molecule has 1 aliphatic rings. The Morgan fingerprint density at radius 3 is 2.79 bits per heavy atom. The van der Waals surface area contributed by atoms with Gasteiger partial charge in [-0.2, -0.15) is 0 Å². The Morgan fingerprint density at radius 2 is 2.07 bits per heavy atom. The van der Waals surface area contributed by atoms with Crippen molar-refractivity contribution in [3.8, 4) is 11.5 Å². The van der Waals surface area contributed by atoms with E-state index >= 15 is 0 Å². The summed E-state index contributed by atoms with van der Waals surface area (Å²) in [6, 6.07) is 9.66. The van der Waals surface area contributed by atoms with Crippen LogP contribution in [0.3, 0.4) is 0 Å². The SMILES string of the molecule is COc1cc(CN2CCN(Cc3cccc(C)n3)[C@H](CCO)C2)c(Cl)cc1O. The third kappa shape index (κ3) is 5.14. The summed E-state index contributed by atoms with van der Waals surface area (Å²) in [5, 5.41) is 19.9. The van der Waals surface area contributed by atoms with E-state index in [9.17, 15) is 10.2 Å². The standard InChI is InChI=1S/C21H28ClN3O3/c1-15-4-3-5-17(23-15)13-25-8-7-24(14-18(25)6-9-26)12-16-10-21(28-2)20(27)11-19(16)22/h3-5,10-11,18,26-27H,6-9,12-14H2,1-2H3/t18-/m1/s1. The topological polar surface area (TPSA) is 69.1 Å². The average Bonchev–Trinajstić information content (AvgIpc) is 2.66. The van der Waals surface area contributed by atoms with Crippen molar-refractivity contribution in [2.75, 3.05) is 33.4 Å². The van der Waals surface area contributed by atoms with E-state index in [1.54, 1.807) is 6.07 Å². The zero-order valence-corrected chi connectivity index (χ0v) is 17.2. The number of pyridine rings is 1. The summed E-state index contributed by atoms with van der Waals surface area (Å²) < 4.78 is 5.21. The molecule has 1 fully saturated rings. The zero-order valence-electron chi connectivity index (χ0n) is 16.4. The number of phenolic OH excluding ortho intramolecular Hbond substituents is 1. The number of aliphatic hydroxyl groups is 1. The first-order valence-corrected chi connectivity index (χ1v) is 9.93. The molecule has 1 aromatic carbocycles. The Hall–Kier alpha value is -1.86. The van der Waals surface area contributed by atoms with Gasteiger partial charge in [-0.3, -0.25) is 14.8 Å². The highest BCUT2D eigenvalue weighted by atomic mass is 35.5. The average molecular weight is 406 g/mol. The Kier molecular flexibility index (Phi) is 7.13. The van der Waals surface area contributed by atoms with Gasteiger partial charge in [0.2, 0.25) is 0 Å². The monoisotopic (exact) mass is 405 g/mol. The van der Waals surface area contributed by atoms with Crippen LogP contribution in [0.25, 0.3) is 0 Å². The third-order valence-corrected chi connectivity index (χ3v) is 5.56. The Labute approximate surface area is 171 Å². The van der Waals surface area contributed by atoms with Crippen molar-refractivity contribution < 1.29 is 14.9 Å². The Bertz CT molecular complexity index is 802. The van der Waals surface area contributed by atoms with Crippen molar-refractivity contribution in [3.63, 3.8) is 0 Å². The molecule has 3 rings (SSSR count). The number of halogens is 1. The molecule has 2 N–H and O–H groups in total. The molecular weight excluding hydrogens is 378 g/mol. The number of aromatic nitrogens is 1. The first-order valence-electron chi connectivity index (χ1n) is 9.55. The molecule has 1 aromatic heterocycles. The number of methoxy groups -OCH3 is 1. The van der Waals surface area contributed by atoms with Crippen LogP contribution in [0.15, 0.2) is 30.3 Å². The van der Waals surface area contributed by atoms with Crippen LogP contribution in [0.2, 0.25) is 5.02 Å². The van der Waals surface area contributed by atoms with Crippen molar-refractivity contribution in [2.45, 2.75) is 32.5 Å². The number of nitrogens with zero attached hydrogens (tertiary/aromatic N) is 3. The normalized spacial score (nSPS) is 18.4. The number of hydrogen-bond acceptors (Lipinski definition) is 6. The summed E-state index contributed by atoms with van der Waals surface area (Å²) in [5.41, 5.74) is 3.00. The summed E-state index contributed by atoms with van der Waals surface area (Å²) >= 11 is 6.33. The second kappa shape index (κ2) is 9.56. The smallest absolute Gasteiger partial charge is 0.160 e. The van der Waals surface area contributed by atoms with Gasteiger partial charge in [0.15, 0.2) is 11.5 Å². The molecule has 0 saturated carbocycles. The molecule has 0 radical (unpaired) electrons. The summed E-state index contributed by atoms with van der Waals surface area (Å²) in [7, 11) is 1.53. The van der Waals surface area contributed by atoms with Crippen LogP contribution in [-0.4, -0.2) is 64.4 Å². The molecule has 1 atom stereocenters. The summed E-state index contributed by atoms with van der Waals surface area (Å²) in [6.07, 6.45) is 0.717. The molecule has 0 aliphatic carbocycles. The van der Waals surface area contributed by atoms with Crippen molar-refractivity contribution >= 4 is 11.6 Å². The van der Waals surface area contributed by atoms with Crippen molar-refractivity contribution in [3.05, 3.63) is 52.3 Å². The van der Waals surface area contributed by atoms with Gasteiger partial charge in [0, 0.05) is 62.2 Å². The lowest BCUT2D eigenvalue weighted by molar-refractivity contribution is 0.0491. The molecule has 1 saturated heterocycles. The lowest BCUT2D eigenvalue weighted by atomic mass is 10.1. The van der Waals surface area contributed by atoms with Crippen LogP contribution in [0.4, 0.5) is 0 Å².